The monoisotopic (exact) mass is 252 g/mol. The van der Waals surface area contributed by atoms with Gasteiger partial charge in [-0.3, -0.25) is 0 Å². The number of nitrogens with zero attached hydrogens (tertiary/aromatic N) is 1. The Morgan fingerprint density at radius 3 is 2.44 bits per heavy atom. The molecule has 1 rings (SSSR count). The summed E-state index contributed by atoms with van der Waals surface area (Å²) < 4.78 is 13.9. The van der Waals surface area contributed by atoms with Crippen molar-refractivity contribution in [1.29, 1.82) is 0 Å². The average molecular weight is 252 g/mol. The fourth-order valence-corrected chi connectivity index (χ4v) is 2.16. The maximum Gasteiger partial charge on any atom is 0.146 e. The zero-order valence-electron chi connectivity index (χ0n) is 11.5. The fraction of sp³-hybridized carbons (Fsp3) is 0.600. The molecule has 18 heavy (non-hydrogen) atoms. The zero-order valence-corrected chi connectivity index (χ0v) is 11.5. The van der Waals surface area contributed by atoms with Crippen molar-refractivity contribution < 1.29 is 4.39 Å². The van der Waals surface area contributed by atoms with Gasteiger partial charge in [-0.1, -0.05) is 38.8 Å². The summed E-state index contributed by atoms with van der Waals surface area (Å²) in [5, 5.41) is 0. The van der Waals surface area contributed by atoms with Crippen LogP contribution in [0.5, 0.6) is 0 Å². The summed E-state index contributed by atoms with van der Waals surface area (Å²) in [5.41, 5.74) is 6.27. The molecule has 0 spiro atoms. The summed E-state index contributed by atoms with van der Waals surface area (Å²) in [6.07, 6.45) is 3.16. The summed E-state index contributed by atoms with van der Waals surface area (Å²) in [5.74, 6) is 0.475. The summed E-state index contributed by atoms with van der Waals surface area (Å²) in [4.78, 5) is 2.14. The van der Waals surface area contributed by atoms with E-state index < -0.39 is 0 Å². The van der Waals surface area contributed by atoms with Crippen LogP contribution in [0.25, 0.3) is 0 Å². The average Bonchev–Trinajstić information content (AvgIpc) is 2.40. The van der Waals surface area contributed by atoms with Gasteiger partial charge in [-0.15, -0.1) is 0 Å². The zero-order chi connectivity index (χ0) is 13.4. The maximum atomic E-state index is 13.9. The van der Waals surface area contributed by atoms with Gasteiger partial charge in [-0.2, -0.15) is 0 Å². The van der Waals surface area contributed by atoms with Gasteiger partial charge in [0.2, 0.25) is 0 Å². The molecule has 3 heteroatoms. The van der Waals surface area contributed by atoms with Gasteiger partial charge in [0.15, 0.2) is 0 Å². The summed E-state index contributed by atoms with van der Waals surface area (Å²) in [6.45, 7) is 6.77. The molecule has 0 amide bonds. The summed E-state index contributed by atoms with van der Waals surface area (Å²) in [6, 6.07) is 7.00. The van der Waals surface area contributed by atoms with Crippen LogP contribution in [0.3, 0.4) is 0 Å². The molecule has 1 aromatic rings. The molecule has 0 fully saturated rings. The van der Waals surface area contributed by atoms with Gasteiger partial charge in [-0.25, -0.2) is 4.39 Å². The Labute approximate surface area is 110 Å². The molecule has 0 aliphatic rings. The molecule has 1 aromatic carbocycles. The summed E-state index contributed by atoms with van der Waals surface area (Å²) >= 11 is 0. The first-order valence-electron chi connectivity index (χ1n) is 6.92. The number of para-hydroxylation sites is 1. The largest absolute Gasteiger partial charge is 0.369 e. The Balaban J connectivity index is 2.80. The third-order valence-electron chi connectivity index (χ3n) is 3.46. The number of anilines is 1. The highest BCUT2D eigenvalue weighted by atomic mass is 19.1. The van der Waals surface area contributed by atoms with E-state index in [2.05, 4.69) is 18.7 Å². The van der Waals surface area contributed by atoms with E-state index in [1.165, 1.54) is 6.07 Å². The summed E-state index contributed by atoms with van der Waals surface area (Å²) in [7, 11) is 0. The van der Waals surface area contributed by atoms with Gasteiger partial charge in [0.1, 0.15) is 5.82 Å². The standard InChI is InChI=1S/C15H25FN2/c1-3-13(4-2)12-18(11-7-10-17)15-9-6-5-8-14(15)16/h5-6,8-9,13H,3-4,7,10-12,17H2,1-2H3. The Bertz CT molecular complexity index is 337. The van der Waals surface area contributed by atoms with Crippen molar-refractivity contribution in [3.63, 3.8) is 0 Å². The van der Waals surface area contributed by atoms with Crippen LogP contribution in [0.4, 0.5) is 10.1 Å². The number of benzene rings is 1. The Morgan fingerprint density at radius 2 is 1.89 bits per heavy atom. The van der Waals surface area contributed by atoms with Crippen LogP contribution in [0.15, 0.2) is 24.3 Å². The minimum Gasteiger partial charge on any atom is -0.369 e. The molecule has 2 N–H and O–H groups in total. The van der Waals surface area contributed by atoms with Crippen LogP contribution in [0, 0.1) is 11.7 Å². The quantitative estimate of drug-likeness (QED) is 0.768. The molecule has 0 unspecified atom stereocenters. The molecule has 102 valence electrons. The van der Waals surface area contributed by atoms with Crippen molar-refractivity contribution in [2.24, 2.45) is 11.7 Å². The van der Waals surface area contributed by atoms with Gasteiger partial charge >= 0.3 is 0 Å². The predicted molar refractivity (Wildman–Crippen MR) is 76.4 cm³/mol. The normalized spacial score (nSPS) is 10.9. The van der Waals surface area contributed by atoms with Crippen molar-refractivity contribution in [3.8, 4) is 0 Å². The van der Waals surface area contributed by atoms with E-state index in [9.17, 15) is 4.39 Å². The predicted octanol–water partition coefficient (Wildman–Crippen LogP) is 3.42. The van der Waals surface area contributed by atoms with E-state index in [0.29, 0.717) is 18.2 Å². The second-order valence-corrected chi connectivity index (χ2v) is 4.72. The number of halogens is 1. The molecule has 0 aromatic heterocycles. The van der Waals surface area contributed by atoms with Crippen LogP contribution in [0.2, 0.25) is 0 Å². The smallest absolute Gasteiger partial charge is 0.146 e. The minimum atomic E-state index is -0.138. The molecule has 0 aliphatic carbocycles. The van der Waals surface area contributed by atoms with E-state index in [1.807, 2.05) is 12.1 Å². The van der Waals surface area contributed by atoms with Gasteiger partial charge in [0, 0.05) is 13.1 Å². The molecular weight excluding hydrogens is 227 g/mol. The minimum absolute atomic E-state index is 0.138. The first-order chi connectivity index (χ1) is 8.72. The highest BCUT2D eigenvalue weighted by Gasteiger charge is 2.14. The van der Waals surface area contributed by atoms with Crippen LogP contribution in [-0.2, 0) is 0 Å². The van der Waals surface area contributed by atoms with Gasteiger partial charge in [-0.05, 0) is 31.0 Å². The van der Waals surface area contributed by atoms with Crippen LogP contribution in [-0.4, -0.2) is 19.6 Å². The molecule has 2 nitrogen and oxygen atoms in total. The number of rotatable bonds is 8. The number of hydrogen-bond donors (Lipinski definition) is 1. The molecule has 0 atom stereocenters. The second kappa shape index (κ2) is 8.09. The lowest BCUT2D eigenvalue weighted by atomic mass is 10.0. The van der Waals surface area contributed by atoms with E-state index >= 15 is 0 Å². The van der Waals surface area contributed by atoms with Crippen molar-refractivity contribution in [1.82, 2.24) is 0 Å². The van der Waals surface area contributed by atoms with E-state index in [0.717, 1.165) is 32.4 Å². The van der Waals surface area contributed by atoms with Gasteiger partial charge in [0.25, 0.3) is 0 Å². The lowest BCUT2D eigenvalue weighted by Crippen LogP contribution is -2.32. The molecule has 0 radical (unpaired) electrons. The van der Waals surface area contributed by atoms with Crippen molar-refractivity contribution in [3.05, 3.63) is 30.1 Å². The Morgan fingerprint density at radius 1 is 1.22 bits per heavy atom. The third kappa shape index (κ3) is 4.30. The SMILES string of the molecule is CCC(CC)CN(CCCN)c1ccccc1F. The highest BCUT2D eigenvalue weighted by molar-refractivity contribution is 5.47. The van der Waals surface area contributed by atoms with Gasteiger partial charge in [0.05, 0.1) is 5.69 Å². The lowest BCUT2D eigenvalue weighted by molar-refractivity contribution is 0.476. The first kappa shape index (κ1) is 15.0. The highest BCUT2D eigenvalue weighted by Crippen LogP contribution is 2.21. The lowest BCUT2D eigenvalue weighted by Gasteiger charge is -2.29. The Kier molecular flexibility index (Phi) is 6.73. The van der Waals surface area contributed by atoms with E-state index in [-0.39, 0.29) is 5.82 Å². The maximum absolute atomic E-state index is 13.9. The van der Waals surface area contributed by atoms with Crippen LogP contribution < -0.4 is 10.6 Å². The van der Waals surface area contributed by atoms with Crippen LogP contribution >= 0.6 is 0 Å². The van der Waals surface area contributed by atoms with Crippen LogP contribution in [0.1, 0.15) is 33.1 Å². The molecule has 0 bridgehead atoms. The van der Waals surface area contributed by atoms with E-state index in [4.69, 9.17) is 5.73 Å². The molecule has 0 saturated heterocycles. The van der Waals surface area contributed by atoms with Crippen molar-refractivity contribution in [2.45, 2.75) is 33.1 Å². The molecular formula is C15H25FN2. The van der Waals surface area contributed by atoms with E-state index in [1.54, 1.807) is 6.07 Å². The Hall–Kier alpha value is -1.09. The number of hydrogen-bond acceptors (Lipinski definition) is 2. The van der Waals surface area contributed by atoms with Crippen molar-refractivity contribution >= 4 is 5.69 Å². The molecule has 0 heterocycles. The third-order valence-corrected chi connectivity index (χ3v) is 3.46. The number of nitrogens with two attached hydrogens (primary N) is 1. The topological polar surface area (TPSA) is 29.3 Å². The fourth-order valence-electron chi connectivity index (χ4n) is 2.16. The van der Waals surface area contributed by atoms with Crippen molar-refractivity contribution in [2.75, 3.05) is 24.5 Å². The second-order valence-electron chi connectivity index (χ2n) is 4.72. The first-order valence-corrected chi connectivity index (χ1v) is 6.92. The molecule has 0 aliphatic heterocycles. The van der Waals surface area contributed by atoms with Gasteiger partial charge < -0.3 is 10.6 Å². The molecule has 0 saturated carbocycles.